The maximum Gasteiger partial charge on any atom is 0.333 e. The van der Waals surface area contributed by atoms with Crippen molar-refractivity contribution in [2.24, 2.45) is 10.9 Å². The summed E-state index contributed by atoms with van der Waals surface area (Å²) in [6.07, 6.45) is 7.23. The van der Waals surface area contributed by atoms with Crippen LogP contribution < -0.4 is 5.32 Å². The molecule has 0 spiro atoms. The number of nitrogens with zero attached hydrogens (tertiary/aromatic N) is 5. The Hall–Kier alpha value is -3.18. The van der Waals surface area contributed by atoms with Gasteiger partial charge in [0.15, 0.2) is 10.8 Å². The molecule has 198 valence electrons. The number of amidine groups is 1. The molecule has 3 aromatic rings. The van der Waals surface area contributed by atoms with E-state index in [0.717, 1.165) is 31.4 Å². The zero-order valence-corrected chi connectivity index (χ0v) is 21.7. The summed E-state index contributed by atoms with van der Waals surface area (Å²) in [5.41, 5.74) is 2.23. The summed E-state index contributed by atoms with van der Waals surface area (Å²) in [5, 5.41) is 10.0. The molecule has 0 unspecified atom stereocenters. The van der Waals surface area contributed by atoms with E-state index in [4.69, 9.17) is 16.6 Å². The molecule has 1 saturated heterocycles. The van der Waals surface area contributed by atoms with E-state index in [1.165, 1.54) is 35.7 Å². The topological polar surface area (TPSA) is 75.4 Å². The van der Waals surface area contributed by atoms with Gasteiger partial charge in [-0.25, -0.2) is 14.1 Å². The molecule has 2 aromatic heterocycles. The molecule has 0 radical (unpaired) electrons. The lowest BCUT2D eigenvalue weighted by molar-refractivity contribution is -0.125. The fraction of sp³-hybridized carbons (Fsp3) is 0.385. The Bertz CT molecular complexity index is 1420. The van der Waals surface area contributed by atoms with Gasteiger partial charge in [0, 0.05) is 58.5 Å². The molecule has 0 bridgehead atoms. The van der Waals surface area contributed by atoms with Gasteiger partial charge in [-0.3, -0.25) is 9.79 Å². The molecule has 6 rings (SSSR count). The minimum Gasteiger partial charge on any atom is -0.351 e. The highest BCUT2D eigenvalue weighted by atomic mass is 35.5. The molecule has 4 heterocycles. The average Bonchev–Trinajstić information content (AvgIpc) is 3.70. The monoisotopic (exact) mass is 560 g/mol. The molecular formula is C26H24ClF3N6OS. The smallest absolute Gasteiger partial charge is 0.333 e. The van der Waals surface area contributed by atoms with Crippen molar-refractivity contribution in [3.8, 4) is 0 Å². The molecule has 1 amide bonds. The predicted molar refractivity (Wildman–Crippen MR) is 138 cm³/mol. The van der Waals surface area contributed by atoms with Crippen LogP contribution in [0.4, 0.5) is 13.2 Å². The number of thiazole rings is 1. The maximum absolute atomic E-state index is 14.0. The third kappa shape index (κ3) is 4.62. The van der Waals surface area contributed by atoms with Crippen LogP contribution in [0.15, 0.2) is 52.7 Å². The fourth-order valence-electron chi connectivity index (χ4n) is 5.56. The standard InChI is InChI=1S/C26H24ClF3N6OS/c27-18-11-15(28)5-6-17(18)22-21(19-7-9-36(34-19)26(29)30)20-12-16(32-24(37)14-3-1-2-4-14)13-35(20)23(33-22)25-31-8-10-38-25/h5-11,14,16,22,26H,1-4,12-13H2,(H,32,37)/t16-,22-/m0/s1. The van der Waals surface area contributed by atoms with Crippen molar-refractivity contribution in [2.75, 3.05) is 6.54 Å². The van der Waals surface area contributed by atoms with Crippen LogP contribution in [0.25, 0.3) is 5.57 Å². The van der Waals surface area contributed by atoms with Crippen LogP contribution in [0.2, 0.25) is 5.02 Å². The normalized spacial score (nSPS) is 21.8. The molecule has 12 heteroatoms. The van der Waals surface area contributed by atoms with Gasteiger partial charge >= 0.3 is 6.55 Å². The summed E-state index contributed by atoms with van der Waals surface area (Å²) >= 11 is 7.91. The number of halogens is 4. The third-order valence-electron chi connectivity index (χ3n) is 7.30. The molecule has 2 aliphatic heterocycles. The molecule has 1 aliphatic carbocycles. The summed E-state index contributed by atoms with van der Waals surface area (Å²) < 4.78 is 41.5. The van der Waals surface area contributed by atoms with Gasteiger partial charge in [0.25, 0.3) is 0 Å². The van der Waals surface area contributed by atoms with Crippen LogP contribution in [0, 0.1) is 11.7 Å². The average molecular weight is 561 g/mol. The number of aromatic nitrogens is 3. The molecule has 1 N–H and O–H groups in total. The van der Waals surface area contributed by atoms with Crippen molar-refractivity contribution in [3.63, 3.8) is 0 Å². The molecular weight excluding hydrogens is 537 g/mol. The quantitative estimate of drug-likeness (QED) is 0.412. The van der Waals surface area contributed by atoms with Crippen LogP contribution in [-0.4, -0.2) is 44.0 Å². The van der Waals surface area contributed by atoms with E-state index >= 15 is 0 Å². The Kier molecular flexibility index (Phi) is 6.73. The van der Waals surface area contributed by atoms with E-state index in [0.29, 0.717) is 45.3 Å². The molecule has 38 heavy (non-hydrogen) atoms. The maximum atomic E-state index is 14.0. The lowest BCUT2D eigenvalue weighted by Gasteiger charge is -2.32. The number of hydrogen-bond donors (Lipinski definition) is 1. The highest BCUT2D eigenvalue weighted by Gasteiger charge is 2.42. The van der Waals surface area contributed by atoms with Crippen molar-refractivity contribution in [3.05, 3.63) is 74.8 Å². The van der Waals surface area contributed by atoms with E-state index in [9.17, 15) is 18.0 Å². The molecule has 2 atom stereocenters. The first kappa shape index (κ1) is 25.1. The summed E-state index contributed by atoms with van der Waals surface area (Å²) in [7, 11) is 0. The number of amides is 1. The summed E-state index contributed by atoms with van der Waals surface area (Å²) in [6.45, 7) is -2.35. The Balaban J connectivity index is 1.47. The summed E-state index contributed by atoms with van der Waals surface area (Å²) in [6, 6.07) is 4.63. The number of alkyl halides is 2. The number of carbonyl (C=O) groups is 1. The van der Waals surface area contributed by atoms with Gasteiger partial charge in [0.1, 0.15) is 11.9 Å². The highest BCUT2D eigenvalue weighted by Crippen LogP contribution is 2.46. The predicted octanol–water partition coefficient (Wildman–Crippen LogP) is 5.82. The van der Waals surface area contributed by atoms with Gasteiger partial charge in [0.05, 0.1) is 11.7 Å². The number of fused-ring (bicyclic) bond motifs is 1. The number of aliphatic imine (C=N–C) groups is 1. The van der Waals surface area contributed by atoms with E-state index in [-0.39, 0.29) is 22.9 Å². The Labute approximate surface area is 226 Å². The second-order valence-electron chi connectivity index (χ2n) is 9.68. The number of nitrogens with one attached hydrogen (secondary N) is 1. The van der Waals surface area contributed by atoms with Crippen molar-refractivity contribution >= 4 is 40.3 Å². The van der Waals surface area contributed by atoms with Gasteiger partial charge in [0.2, 0.25) is 5.91 Å². The minimum atomic E-state index is -2.81. The van der Waals surface area contributed by atoms with Crippen LogP contribution >= 0.6 is 22.9 Å². The van der Waals surface area contributed by atoms with Crippen LogP contribution in [0.5, 0.6) is 0 Å². The molecule has 1 aromatic carbocycles. The van der Waals surface area contributed by atoms with Crippen LogP contribution in [-0.2, 0) is 4.79 Å². The second-order valence-corrected chi connectivity index (χ2v) is 11.0. The summed E-state index contributed by atoms with van der Waals surface area (Å²) in [5.74, 6) is 0.158. The Morgan fingerprint density at radius 3 is 2.71 bits per heavy atom. The number of carbonyl (C=O) groups excluding carboxylic acids is 1. The number of benzene rings is 1. The van der Waals surface area contributed by atoms with Crippen LogP contribution in [0.3, 0.4) is 0 Å². The fourth-order valence-corrected chi connectivity index (χ4v) is 6.47. The first-order chi connectivity index (χ1) is 18.4. The Morgan fingerprint density at radius 2 is 2.03 bits per heavy atom. The van der Waals surface area contributed by atoms with E-state index in [2.05, 4.69) is 15.4 Å². The minimum absolute atomic E-state index is 0.0145. The zero-order chi connectivity index (χ0) is 26.4. The van der Waals surface area contributed by atoms with Gasteiger partial charge in [-0.15, -0.1) is 11.3 Å². The first-order valence-electron chi connectivity index (χ1n) is 12.5. The Morgan fingerprint density at radius 1 is 1.21 bits per heavy atom. The molecule has 7 nitrogen and oxygen atoms in total. The van der Waals surface area contributed by atoms with Crippen molar-refractivity contribution in [1.82, 2.24) is 25.0 Å². The molecule has 3 aliphatic rings. The second kappa shape index (κ2) is 10.2. The molecule has 1 saturated carbocycles. The van der Waals surface area contributed by atoms with E-state index < -0.39 is 18.4 Å². The van der Waals surface area contributed by atoms with Gasteiger partial charge < -0.3 is 10.2 Å². The van der Waals surface area contributed by atoms with Crippen molar-refractivity contribution in [1.29, 1.82) is 0 Å². The number of rotatable bonds is 6. The van der Waals surface area contributed by atoms with Crippen molar-refractivity contribution < 1.29 is 18.0 Å². The third-order valence-corrected chi connectivity index (χ3v) is 8.39. The molecule has 2 fully saturated rings. The highest BCUT2D eigenvalue weighted by molar-refractivity contribution is 7.11. The van der Waals surface area contributed by atoms with E-state index in [1.54, 1.807) is 12.3 Å². The van der Waals surface area contributed by atoms with Gasteiger partial charge in [-0.2, -0.15) is 13.9 Å². The number of hydrogen-bond acceptors (Lipinski definition) is 6. The SMILES string of the molecule is O=C(N[C@H]1CC2=C(c3ccn(C(F)F)n3)[C@H](c3ccc(F)cc3Cl)N=C(c3nccs3)N2C1)C1CCCC1. The van der Waals surface area contributed by atoms with Crippen LogP contribution in [0.1, 0.15) is 61.0 Å². The largest absolute Gasteiger partial charge is 0.351 e. The summed E-state index contributed by atoms with van der Waals surface area (Å²) in [4.78, 5) is 24.4. The zero-order valence-electron chi connectivity index (χ0n) is 20.2. The first-order valence-corrected chi connectivity index (χ1v) is 13.7. The van der Waals surface area contributed by atoms with Crippen molar-refractivity contribution in [2.45, 2.75) is 50.7 Å². The van der Waals surface area contributed by atoms with E-state index in [1.807, 2.05) is 10.3 Å². The lowest BCUT2D eigenvalue weighted by Crippen LogP contribution is -2.41. The van der Waals surface area contributed by atoms with Gasteiger partial charge in [-0.1, -0.05) is 30.5 Å². The van der Waals surface area contributed by atoms with Gasteiger partial charge in [-0.05, 0) is 31.0 Å². The lowest BCUT2D eigenvalue weighted by atomic mass is 9.92.